The molecule has 2 unspecified atom stereocenters. The maximum Gasteiger partial charge on any atom is 0.229 e. The van der Waals surface area contributed by atoms with Crippen molar-refractivity contribution in [1.82, 2.24) is 4.98 Å². The molecular formula is C16H19N3O. The van der Waals surface area contributed by atoms with E-state index in [1.165, 1.54) is 0 Å². The Morgan fingerprint density at radius 1 is 1.30 bits per heavy atom. The van der Waals surface area contributed by atoms with Gasteiger partial charge in [-0.3, -0.25) is 9.78 Å². The molecule has 2 atom stereocenters. The zero-order chi connectivity index (χ0) is 14.1. The Bertz CT molecular complexity index is 653. The Balaban J connectivity index is 1.90. The predicted molar refractivity (Wildman–Crippen MR) is 80.4 cm³/mol. The number of anilines is 1. The maximum absolute atomic E-state index is 12.3. The van der Waals surface area contributed by atoms with Crippen molar-refractivity contribution in [2.75, 3.05) is 5.32 Å². The number of para-hydroxylation sites is 1. The van der Waals surface area contributed by atoms with Crippen molar-refractivity contribution >= 4 is 22.5 Å². The number of nitrogens with zero attached hydrogens (tertiary/aromatic N) is 1. The van der Waals surface area contributed by atoms with E-state index in [1.54, 1.807) is 0 Å². The highest BCUT2D eigenvalue weighted by Crippen LogP contribution is 2.27. The summed E-state index contributed by atoms with van der Waals surface area (Å²) in [6.45, 7) is 1.95. The van der Waals surface area contributed by atoms with Crippen LogP contribution in [-0.4, -0.2) is 16.9 Å². The van der Waals surface area contributed by atoms with E-state index in [2.05, 4.69) is 10.3 Å². The highest BCUT2D eigenvalue weighted by Gasteiger charge is 2.30. The zero-order valence-corrected chi connectivity index (χ0v) is 11.6. The molecule has 1 fully saturated rings. The fourth-order valence-electron chi connectivity index (χ4n) is 2.89. The quantitative estimate of drug-likeness (QED) is 0.880. The molecular weight excluding hydrogens is 250 g/mol. The van der Waals surface area contributed by atoms with Gasteiger partial charge in [0.25, 0.3) is 0 Å². The Labute approximate surface area is 118 Å². The molecule has 20 heavy (non-hydrogen) atoms. The molecule has 1 aliphatic carbocycles. The third-order valence-corrected chi connectivity index (χ3v) is 4.02. The number of carbonyl (C=O) groups excluding carboxylic acids is 1. The number of fused-ring (bicyclic) bond motifs is 1. The molecule has 1 saturated carbocycles. The molecule has 1 amide bonds. The first-order valence-electron chi connectivity index (χ1n) is 7.08. The zero-order valence-electron chi connectivity index (χ0n) is 11.6. The Morgan fingerprint density at radius 2 is 2.15 bits per heavy atom. The molecule has 1 aromatic carbocycles. The second kappa shape index (κ2) is 5.21. The van der Waals surface area contributed by atoms with Gasteiger partial charge in [0.15, 0.2) is 0 Å². The summed E-state index contributed by atoms with van der Waals surface area (Å²) in [6.07, 6.45) is 2.85. The minimum Gasteiger partial charge on any atom is -0.327 e. The number of hydrogen-bond donors (Lipinski definition) is 2. The molecule has 1 aromatic heterocycles. The fraction of sp³-hybridized carbons (Fsp3) is 0.375. The van der Waals surface area contributed by atoms with Crippen LogP contribution in [0.4, 0.5) is 5.69 Å². The van der Waals surface area contributed by atoms with Crippen LogP contribution in [0.1, 0.15) is 25.0 Å². The van der Waals surface area contributed by atoms with Gasteiger partial charge in [-0.1, -0.05) is 24.6 Å². The van der Waals surface area contributed by atoms with Crippen molar-refractivity contribution in [3.05, 3.63) is 36.0 Å². The van der Waals surface area contributed by atoms with Crippen LogP contribution >= 0.6 is 0 Å². The number of nitrogens with one attached hydrogen (secondary N) is 1. The second-order valence-electron chi connectivity index (χ2n) is 5.52. The normalized spacial score (nSPS) is 22.1. The number of rotatable bonds is 2. The van der Waals surface area contributed by atoms with Gasteiger partial charge >= 0.3 is 0 Å². The summed E-state index contributed by atoms with van der Waals surface area (Å²) >= 11 is 0. The van der Waals surface area contributed by atoms with E-state index >= 15 is 0 Å². The monoisotopic (exact) mass is 269 g/mol. The van der Waals surface area contributed by atoms with Crippen molar-refractivity contribution in [2.24, 2.45) is 11.7 Å². The molecule has 0 bridgehead atoms. The molecule has 0 saturated heterocycles. The minimum atomic E-state index is -0.0740. The molecule has 3 rings (SSSR count). The van der Waals surface area contributed by atoms with Gasteiger partial charge in [-0.15, -0.1) is 0 Å². The first kappa shape index (κ1) is 13.1. The number of amides is 1. The van der Waals surface area contributed by atoms with Gasteiger partial charge in [0.2, 0.25) is 5.91 Å². The predicted octanol–water partition coefficient (Wildman–Crippen LogP) is 2.61. The first-order chi connectivity index (χ1) is 9.65. The van der Waals surface area contributed by atoms with Gasteiger partial charge in [-0.2, -0.15) is 0 Å². The molecule has 1 aliphatic rings. The van der Waals surface area contributed by atoms with E-state index in [0.29, 0.717) is 0 Å². The molecule has 2 aromatic rings. The van der Waals surface area contributed by atoms with Crippen molar-refractivity contribution in [2.45, 2.75) is 32.2 Å². The Morgan fingerprint density at radius 3 is 2.90 bits per heavy atom. The van der Waals surface area contributed by atoms with Crippen LogP contribution in [0.5, 0.6) is 0 Å². The molecule has 104 valence electrons. The van der Waals surface area contributed by atoms with Crippen LogP contribution in [0.2, 0.25) is 0 Å². The fourth-order valence-corrected chi connectivity index (χ4v) is 2.89. The van der Waals surface area contributed by atoms with E-state index in [-0.39, 0.29) is 17.9 Å². The number of aromatic nitrogens is 1. The summed E-state index contributed by atoms with van der Waals surface area (Å²) < 4.78 is 0. The lowest BCUT2D eigenvalue weighted by molar-refractivity contribution is -0.120. The third kappa shape index (κ3) is 2.39. The summed E-state index contributed by atoms with van der Waals surface area (Å²) in [5.41, 5.74) is 8.55. The molecule has 0 radical (unpaired) electrons. The van der Waals surface area contributed by atoms with E-state index in [4.69, 9.17) is 5.73 Å². The van der Waals surface area contributed by atoms with Gasteiger partial charge in [0, 0.05) is 17.1 Å². The van der Waals surface area contributed by atoms with Crippen molar-refractivity contribution in [3.63, 3.8) is 0 Å². The average molecular weight is 269 g/mol. The first-order valence-corrected chi connectivity index (χ1v) is 7.08. The number of carbonyl (C=O) groups is 1. The Hall–Kier alpha value is -1.94. The van der Waals surface area contributed by atoms with E-state index < -0.39 is 0 Å². The van der Waals surface area contributed by atoms with Crippen LogP contribution in [0, 0.1) is 12.8 Å². The van der Waals surface area contributed by atoms with Crippen LogP contribution in [0.15, 0.2) is 30.3 Å². The number of nitrogens with two attached hydrogens (primary N) is 1. The molecule has 0 aliphatic heterocycles. The summed E-state index contributed by atoms with van der Waals surface area (Å²) in [5, 5.41) is 4.03. The van der Waals surface area contributed by atoms with Crippen LogP contribution in [0.25, 0.3) is 10.9 Å². The van der Waals surface area contributed by atoms with E-state index in [1.807, 2.05) is 37.3 Å². The lowest BCUT2D eigenvalue weighted by atomic mass is 10.0. The maximum atomic E-state index is 12.3. The van der Waals surface area contributed by atoms with Crippen molar-refractivity contribution in [1.29, 1.82) is 0 Å². The lowest BCUT2D eigenvalue weighted by Crippen LogP contribution is -2.34. The molecule has 0 spiro atoms. The van der Waals surface area contributed by atoms with Crippen molar-refractivity contribution < 1.29 is 4.79 Å². The Kier molecular flexibility index (Phi) is 3.40. The lowest BCUT2D eigenvalue weighted by Gasteiger charge is -2.16. The smallest absolute Gasteiger partial charge is 0.229 e. The number of pyridine rings is 1. The SMILES string of the molecule is Cc1ccc2cccc(NC(=O)C3CCCC3N)c2n1. The van der Waals surface area contributed by atoms with Gasteiger partial charge in [0.1, 0.15) is 0 Å². The number of benzene rings is 1. The minimum absolute atomic E-state index is 0.0142. The average Bonchev–Trinajstić information content (AvgIpc) is 2.86. The summed E-state index contributed by atoms with van der Waals surface area (Å²) in [7, 11) is 0. The molecule has 4 heteroatoms. The topological polar surface area (TPSA) is 68.0 Å². The number of hydrogen-bond acceptors (Lipinski definition) is 3. The van der Waals surface area contributed by atoms with Crippen molar-refractivity contribution in [3.8, 4) is 0 Å². The van der Waals surface area contributed by atoms with Gasteiger partial charge in [-0.05, 0) is 31.9 Å². The van der Waals surface area contributed by atoms with Gasteiger partial charge in [-0.25, -0.2) is 0 Å². The van der Waals surface area contributed by atoms with Crippen LogP contribution < -0.4 is 11.1 Å². The van der Waals surface area contributed by atoms with Gasteiger partial charge in [0.05, 0.1) is 17.1 Å². The summed E-state index contributed by atoms with van der Waals surface area (Å²) in [6, 6.07) is 9.81. The molecule has 4 nitrogen and oxygen atoms in total. The largest absolute Gasteiger partial charge is 0.327 e. The van der Waals surface area contributed by atoms with Crippen LogP contribution in [-0.2, 0) is 4.79 Å². The third-order valence-electron chi connectivity index (χ3n) is 4.02. The highest BCUT2D eigenvalue weighted by atomic mass is 16.1. The highest BCUT2D eigenvalue weighted by molar-refractivity contribution is 6.01. The summed E-state index contributed by atoms with van der Waals surface area (Å²) in [5.74, 6) is -0.0547. The molecule has 3 N–H and O–H groups in total. The summed E-state index contributed by atoms with van der Waals surface area (Å²) in [4.78, 5) is 16.9. The van der Waals surface area contributed by atoms with Crippen LogP contribution in [0.3, 0.4) is 0 Å². The standard InChI is InChI=1S/C16H19N3O/c1-10-8-9-11-4-2-7-14(15(11)18-10)19-16(20)12-5-3-6-13(12)17/h2,4,7-9,12-13H,3,5-6,17H2,1H3,(H,19,20). The number of aryl methyl sites for hydroxylation is 1. The van der Waals surface area contributed by atoms with E-state index in [9.17, 15) is 4.79 Å². The van der Waals surface area contributed by atoms with E-state index in [0.717, 1.165) is 41.5 Å². The molecule has 1 heterocycles. The second-order valence-corrected chi connectivity index (χ2v) is 5.52. The van der Waals surface area contributed by atoms with Gasteiger partial charge < -0.3 is 11.1 Å².